The summed E-state index contributed by atoms with van der Waals surface area (Å²) < 4.78 is 0. The highest BCUT2D eigenvalue weighted by Gasteiger charge is 2.40. The standard InChI is InChI=1S/C86H127N25O25S3/c1-40(2)29-50-72(121)108-65-43(6)139-39-57-77(126)103-54(75(124)100-51(30-44-17-9-7-10-18-44)69(118)95-35-62(115)111-28-16-23-58(111)79(128)101-50)33-92-26-14-13-21-49(84(133)134)99-82(131)64-42(5)138-36-46(87)68(117)97-47(22-15-27-93-86(90)91)70(119)98-48(24-25-59(88)112)71(120)104-55(76(125)105-57)37-137-38-56(106-81(130)63(41(3)4)107-73(122)52(102-83(65)132)31-45-19-11-8-12-20-45)78(127)110-66(67(116)85(135)136)80(129)94-34-61(114)96-53(32-60(89)113)74(123)109-64/h7-12,17-20,40-43,46-58,63-67,92,116H,13-16,21-39,87H2,1-6H3,(H2,88,112)(H2,89,113)(H,94,129)(H,95,118)(H,96,114)(H,97,117)(H,98,119)(H,99,131)(H,100,124)(H,101,128)(H,102,132)(H,103,126)(H,104,120)(H,105,125)(H,106,130)(H,107,122)(H,108,121)(H,109,123)(H,110,127)(H,133,134)(H,135,136)(H4,90,91,93). The molecule has 5 heterocycles. The van der Waals surface area contributed by atoms with Crippen LogP contribution in [0.2, 0.25) is 0 Å². The van der Waals surface area contributed by atoms with Gasteiger partial charge in [0.25, 0.3) is 0 Å². The Morgan fingerprint density at radius 1 is 0.496 bits per heavy atom. The minimum atomic E-state index is -2.93. The molecular formula is C86H127N25O25S3. The fourth-order valence-electron chi connectivity index (χ4n) is 14.4. The van der Waals surface area contributed by atoms with Crippen molar-refractivity contribution >= 4 is 171 Å². The summed E-state index contributed by atoms with van der Waals surface area (Å²) in [5.74, 6) is -29.9. The van der Waals surface area contributed by atoms with Crippen LogP contribution in [0.1, 0.15) is 123 Å². The normalized spacial score (nSPS) is 28.4. The number of benzene rings is 2. The van der Waals surface area contributed by atoms with E-state index in [1.165, 1.54) is 32.6 Å². The molecule has 2 aromatic carbocycles. The molecule has 1 amide bonds. The van der Waals surface area contributed by atoms with Gasteiger partial charge in [0.15, 0.2) is 41.8 Å². The Bertz CT molecular complexity index is 5080. The van der Waals surface area contributed by atoms with Crippen molar-refractivity contribution in [1.29, 1.82) is 16.2 Å². The van der Waals surface area contributed by atoms with E-state index in [4.69, 9.17) is 27.7 Å². The first-order valence-electron chi connectivity index (χ1n) is 44.6. The van der Waals surface area contributed by atoms with Crippen LogP contribution in [0, 0.1) is 28.1 Å². The van der Waals surface area contributed by atoms with Crippen molar-refractivity contribution in [3.05, 3.63) is 71.8 Å². The number of aliphatic hydroxyl groups excluding tert-OH is 20. The molecule has 0 spiro atoms. The number of aliphatic imine (C=N–C) groups is 17. The van der Waals surface area contributed by atoms with Crippen LogP contribution in [0.15, 0.2) is 146 Å². The number of hydrogen-bond acceptors (Lipinski definition) is 29. The average molecular weight is 2010 g/mol. The number of thioether (sulfide) groups is 3. The number of guanidine groups is 1. The first kappa shape index (κ1) is 113. The molecule has 6 bridgehead atoms. The SMILES string of the molecule is CC(C)CC1N=C(O)C2CCCN2C(=O)CN=C(O)C(Cc2ccccc2)N=C(O)C2CNCCCCC(C(=O)O)N=C(O)C3N=C(O)C(CC(=N)O)N=C(O)CN=C(O)C(C(O)C(=O)O)N=C(O)C4CSCC(N=C(O)C(CCC(=N)O)N=C(O)C(CCCNC(=N)N)N=C(O)C(N)CSC3C)C(O)=NC(CSC(C)C(N=C1O)C(O)=NC(Cc1ccccc1)C(O)=NC(C(C)C)C(O)=N4)C(O)=N2. The van der Waals surface area contributed by atoms with Crippen LogP contribution in [0.25, 0.3) is 0 Å². The zero-order chi connectivity index (χ0) is 103. The number of aliphatic hydroxyl groups is 20. The maximum Gasteiger partial charge on any atom is 0.335 e. The molecule has 5 aliphatic heterocycles. The van der Waals surface area contributed by atoms with Gasteiger partial charge in [-0.25, -0.2) is 94.5 Å². The van der Waals surface area contributed by atoms with Gasteiger partial charge < -0.3 is 139 Å². The first-order chi connectivity index (χ1) is 65.8. The summed E-state index contributed by atoms with van der Waals surface area (Å²) >= 11 is 2.04. The minimum Gasteiger partial charge on any atom is -0.497 e. The van der Waals surface area contributed by atoms with Crippen LogP contribution < -0.4 is 22.1 Å². The maximum absolute atomic E-state index is 14.5. The molecular weight excluding hydrogens is 1880 g/mol. The largest absolute Gasteiger partial charge is 0.497 e. The molecule has 53 heteroatoms. The van der Waals surface area contributed by atoms with E-state index in [0.29, 0.717) is 29.3 Å². The number of carboxylic acids is 2. The Morgan fingerprint density at radius 2 is 0.986 bits per heavy atom. The molecule has 20 unspecified atom stereocenters. The Hall–Kier alpha value is -13.0. The predicted molar refractivity (Wildman–Crippen MR) is 538 cm³/mol. The molecule has 1 saturated heterocycles. The fourth-order valence-corrected chi connectivity index (χ4v) is 17.5. The third-order valence-electron chi connectivity index (χ3n) is 21.9. The van der Waals surface area contributed by atoms with Crippen molar-refractivity contribution in [3.8, 4) is 0 Å². The van der Waals surface area contributed by atoms with Crippen LogP contribution in [-0.4, -0.2) is 435 Å². The second-order valence-corrected chi connectivity index (χ2v) is 37.7. The molecule has 0 saturated carbocycles. The molecule has 0 aliphatic carbocycles. The molecule has 31 N–H and O–H groups in total. The van der Waals surface area contributed by atoms with Crippen molar-refractivity contribution in [1.82, 2.24) is 15.5 Å². The van der Waals surface area contributed by atoms with Gasteiger partial charge in [-0.1, -0.05) is 102 Å². The van der Waals surface area contributed by atoms with Crippen molar-refractivity contribution in [2.24, 2.45) is 108 Å². The number of fused-ring (bicyclic) bond motifs is 17. The van der Waals surface area contributed by atoms with E-state index in [1.807, 2.05) is 0 Å². The number of carboxylic acid groups (broad SMARTS) is 2. The number of aliphatic carboxylic acids is 2. The van der Waals surface area contributed by atoms with Crippen LogP contribution >= 0.6 is 35.3 Å². The van der Waals surface area contributed by atoms with E-state index >= 15 is 0 Å². The number of nitrogens with one attached hydrogen (secondary N) is 5. The second kappa shape index (κ2) is 55.5. The van der Waals surface area contributed by atoms with E-state index in [0.717, 1.165) is 23.5 Å². The summed E-state index contributed by atoms with van der Waals surface area (Å²) in [6, 6.07) is -15.2. The van der Waals surface area contributed by atoms with Gasteiger partial charge in [-0.2, -0.15) is 35.3 Å². The quantitative estimate of drug-likeness (QED) is 0.0326. The van der Waals surface area contributed by atoms with Gasteiger partial charge in [-0.15, -0.1) is 0 Å². The molecule has 2 aromatic rings. The van der Waals surface area contributed by atoms with Gasteiger partial charge >= 0.3 is 11.9 Å². The van der Waals surface area contributed by atoms with Gasteiger partial charge in [-0.3, -0.25) is 21.0 Å². The number of nitrogens with zero attached hydrogens (tertiary/aromatic N) is 18. The average Bonchev–Trinajstić information content (AvgIpc) is 1.79. The third-order valence-corrected chi connectivity index (χ3v) is 25.6. The smallest absolute Gasteiger partial charge is 0.335 e. The van der Waals surface area contributed by atoms with Crippen LogP contribution in [-0.2, 0) is 27.2 Å². The number of hydrogen-bond donors (Lipinski definition) is 29. The van der Waals surface area contributed by atoms with Gasteiger partial charge in [0.2, 0.25) is 100 Å². The van der Waals surface area contributed by atoms with E-state index in [1.54, 1.807) is 74.5 Å². The monoisotopic (exact) mass is 2010 g/mol. The van der Waals surface area contributed by atoms with Gasteiger partial charge in [0, 0.05) is 72.4 Å². The van der Waals surface area contributed by atoms with Crippen molar-refractivity contribution in [3.63, 3.8) is 0 Å². The topological polar surface area (TPSA) is 857 Å². The molecule has 20 atom stereocenters. The van der Waals surface area contributed by atoms with E-state index in [-0.39, 0.29) is 76.9 Å². The molecule has 764 valence electrons. The lowest BCUT2D eigenvalue weighted by atomic mass is 10.0. The van der Waals surface area contributed by atoms with Crippen LogP contribution in [0.3, 0.4) is 0 Å². The first-order valence-corrected chi connectivity index (χ1v) is 47.9. The zero-order valence-corrected chi connectivity index (χ0v) is 79.7. The molecule has 5 aliphatic rings. The van der Waals surface area contributed by atoms with Crippen molar-refractivity contribution < 1.29 is 127 Å². The Kier molecular flexibility index (Phi) is 45.1. The number of amides is 1. The Balaban J connectivity index is 1.74. The van der Waals surface area contributed by atoms with Crippen LogP contribution in [0.4, 0.5) is 0 Å². The van der Waals surface area contributed by atoms with Crippen molar-refractivity contribution in [2.75, 3.05) is 62.3 Å². The summed E-state index contributed by atoms with van der Waals surface area (Å²) in [6.45, 7) is 6.41. The zero-order valence-electron chi connectivity index (χ0n) is 77.2. The lowest BCUT2D eigenvalue weighted by Crippen LogP contribution is -2.43. The third kappa shape index (κ3) is 36.4. The van der Waals surface area contributed by atoms with Gasteiger partial charge in [-0.05, 0) is 87.3 Å². The minimum absolute atomic E-state index is 0.00698. The number of carbonyl (C=O) groups excluding carboxylic acids is 1. The maximum atomic E-state index is 14.5. The summed E-state index contributed by atoms with van der Waals surface area (Å²) in [5.41, 5.74) is 13.1. The lowest BCUT2D eigenvalue weighted by Gasteiger charge is -2.25. The summed E-state index contributed by atoms with van der Waals surface area (Å²) in [5, 5.41) is 291. The molecule has 139 heavy (non-hydrogen) atoms. The second-order valence-electron chi connectivity index (χ2n) is 33.8. The fraction of sp³-hybridized carbons (Fsp3) is 0.593. The van der Waals surface area contributed by atoms with Crippen LogP contribution in [0.5, 0.6) is 0 Å². The number of carbonyl (C=O) groups is 3. The molecule has 50 nitrogen and oxygen atoms in total. The summed E-state index contributed by atoms with van der Waals surface area (Å²) in [4.78, 5) is 116. The van der Waals surface area contributed by atoms with E-state index in [9.17, 15) is 127 Å². The predicted octanol–water partition coefficient (Wildman–Crippen LogP) is 6.11. The number of rotatable bonds is 19. The Labute approximate surface area is 812 Å². The lowest BCUT2D eigenvalue weighted by molar-refractivity contribution is -0.147. The number of nitrogens with two attached hydrogens (primary N) is 2. The van der Waals surface area contributed by atoms with E-state index < -0.39 is 329 Å². The van der Waals surface area contributed by atoms with Gasteiger partial charge in [0.1, 0.15) is 97.7 Å². The highest BCUT2D eigenvalue weighted by atomic mass is 32.2. The molecule has 7 rings (SSSR count). The van der Waals surface area contributed by atoms with Crippen molar-refractivity contribution in [2.45, 2.75) is 244 Å². The Morgan fingerprint density at radius 3 is 1.57 bits per heavy atom. The summed E-state index contributed by atoms with van der Waals surface area (Å²) in [7, 11) is 0. The van der Waals surface area contributed by atoms with E-state index in [2.05, 4.69) is 95.5 Å². The van der Waals surface area contributed by atoms with Gasteiger partial charge in [0.05, 0.1) is 12.5 Å². The molecule has 0 aromatic heterocycles. The summed E-state index contributed by atoms with van der Waals surface area (Å²) in [6.07, 6.45) is -6.44. The highest BCUT2D eigenvalue weighted by Crippen LogP contribution is 2.29. The molecule has 0 radical (unpaired) electrons. The highest BCUT2D eigenvalue weighted by molar-refractivity contribution is 8.00. The molecule has 1 fully saturated rings.